The van der Waals surface area contributed by atoms with Crippen molar-refractivity contribution in [3.63, 3.8) is 0 Å². The van der Waals surface area contributed by atoms with Gasteiger partial charge in [0.25, 0.3) is 5.91 Å². The third-order valence-electron chi connectivity index (χ3n) is 7.15. The van der Waals surface area contributed by atoms with Gasteiger partial charge in [-0.3, -0.25) is 14.6 Å². The van der Waals surface area contributed by atoms with E-state index in [0.29, 0.717) is 35.8 Å². The van der Waals surface area contributed by atoms with E-state index in [1.807, 2.05) is 49.4 Å². The number of carbonyl (C=O) groups is 2. The number of hydrogen-bond donors (Lipinski definition) is 1. The molecule has 1 aromatic heterocycles. The van der Waals surface area contributed by atoms with E-state index in [1.165, 1.54) is 25.0 Å². The highest BCUT2D eigenvalue weighted by atomic mass is 16.5. The van der Waals surface area contributed by atoms with Crippen LogP contribution in [-0.2, 0) is 11.2 Å². The molecule has 40 heavy (non-hydrogen) atoms. The molecule has 3 aromatic rings. The van der Waals surface area contributed by atoms with Crippen LogP contribution in [0, 0.1) is 0 Å². The minimum atomic E-state index is -0.868. The lowest BCUT2D eigenvalue weighted by Gasteiger charge is -2.33. The van der Waals surface area contributed by atoms with Gasteiger partial charge in [-0.15, -0.1) is 0 Å². The Bertz CT molecular complexity index is 1250. The van der Waals surface area contributed by atoms with Gasteiger partial charge in [0.05, 0.1) is 27.0 Å². The second-order valence-electron chi connectivity index (χ2n) is 9.78. The van der Waals surface area contributed by atoms with E-state index in [1.54, 1.807) is 19.1 Å². The lowest BCUT2D eigenvalue weighted by molar-refractivity contribution is -0.126. The second kappa shape index (κ2) is 14.3. The van der Waals surface area contributed by atoms with E-state index in [0.717, 1.165) is 31.2 Å². The summed E-state index contributed by atoms with van der Waals surface area (Å²) in [6, 6.07) is 12.2. The molecule has 0 radical (unpaired) electrons. The molecule has 0 aliphatic heterocycles. The number of nitrogens with zero attached hydrogens (tertiary/aromatic N) is 3. The highest BCUT2D eigenvalue weighted by molar-refractivity contribution is 5.96. The first-order chi connectivity index (χ1) is 19.5. The third-order valence-corrected chi connectivity index (χ3v) is 7.15. The molecular weight excluding hydrogens is 508 g/mol. The minimum Gasteiger partial charge on any atom is -0.494 e. The summed E-state index contributed by atoms with van der Waals surface area (Å²) in [4.78, 5) is 37.9. The van der Waals surface area contributed by atoms with Crippen LogP contribution in [0.3, 0.4) is 0 Å². The molecule has 1 N–H and O–H groups in total. The molecular formula is C31H38N4O5. The van der Waals surface area contributed by atoms with Crippen LogP contribution in [0.4, 0.5) is 0 Å². The predicted octanol–water partition coefficient (Wildman–Crippen LogP) is 4.77. The molecule has 212 valence electrons. The molecule has 1 atom stereocenters. The molecule has 1 aliphatic carbocycles. The summed E-state index contributed by atoms with van der Waals surface area (Å²) in [6.07, 6.45) is 10.1. The van der Waals surface area contributed by atoms with Crippen molar-refractivity contribution >= 4 is 11.8 Å². The van der Waals surface area contributed by atoms with Crippen molar-refractivity contribution < 1.29 is 23.8 Å². The van der Waals surface area contributed by atoms with Gasteiger partial charge in [0.15, 0.2) is 11.5 Å². The van der Waals surface area contributed by atoms with E-state index in [9.17, 15) is 9.59 Å². The number of amides is 2. The molecule has 9 nitrogen and oxygen atoms in total. The molecule has 1 heterocycles. The fraction of sp³-hybridized carbons (Fsp3) is 0.419. The van der Waals surface area contributed by atoms with Crippen LogP contribution >= 0.6 is 0 Å². The molecule has 0 saturated heterocycles. The van der Waals surface area contributed by atoms with Crippen molar-refractivity contribution in [3.05, 3.63) is 77.9 Å². The Morgan fingerprint density at radius 1 is 1.00 bits per heavy atom. The Morgan fingerprint density at radius 3 is 2.40 bits per heavy atom. The summed E-state index contributed by atoms with van der Waals surface area (Å²) in [7, 11) is 3.17. The summed E-state index contributed by atoms with van der Waals surface area (Å²) < 4.78 is 16.5. The average Bonchev–Trinajstić information content (AvgIpc) is 3.00. The second-order valence-corrected chi connectivity index (χ2v) is 9.78. The lowest BCUT2D eigenvalue weighted by Crippen LogP contribution is -2.47. The van der Waals surface area contributed by atoms with Crippen molar-refractivity contribution in [1.29, 1.82) is 0 Å². The zero-order valence-electron chi connectivity index (χ0n) is 23.5. The highest BCUT2D eigenvalue weighted by Gasteiger charge is 2.34. The predicted molar refractivity (Wildman–Crippen MR) is 152 cm³/mol. The zero-order valence-corrected chi connectivity index (χ0v) is 23.5. The summed E-state index contributed by atoms with van der Waals surface area (Å²) in [5.41, 5.74) is 1.81. The van der Waals surface area contributed by atoms with Crippen LogP contribution in [0.15, 0.2) is 61.1 Å². The molecule has 2 amide bonds. The van der Waals surface area contributed by atoms with Crippen LogP contribution in [0.25, 0.3) is 0 Å². The third kappa shape index (κ3) is 7.28. The number of aromatic nitrogens is 2. The van der Waals surface area contributed by atoms with E-state index in [-0.39, 0.29) is 30.1 Å². The van der Waals surface area contributed by atoms with Crippen LogP contribution in [-0.4, -0.2) is 60.1 Å². The molecule has 4 rings (SSSR count). The van der Waals surface area contributed by atoms with Gasteiger partial charge in [0.2, 0.25) is 5.91 Å². The smallest absolute Gasteiger partial charge is 0.275 e. The molecule has 1 fully saturated rings. The summed E-state index contributed by atoms with van der Waals surface area (Å²) in [5.74, 6) is 1.35. The van der Waals surface area contributed by atoms with Crippen LogP contribution in [0.1, 0.15) is 66.7 Å². The Morgan fingerprint density at radius 2 is 1.75 bits per heavy atom. The zero-order chi connectivity index (χ0) is 28.3. The van der Waals surface area contributed by atoms with Gasteiger partial charge in [0, 0.05) is 25.0 Å². The molecule has 1 saturated carbocycles. The van der Waals surface area contributed by atoms with E-state index >= 15 is 0 Å². The Kier molecular flexibility index (Phi) is 10.3. The normalized spacial score (nSPS) is 14.2. The van der Waals surface area contributed by atoms with E-state index in [2.05, 4.69) is 15.3 Å². The van der Waals surface area contributed by atoms with Gasteiger partial charge in [-0.1, -0.05) is 37.5 Å². The molecule has 2 aromatic carbocycles. The molecule has 0 unspecified atom stereocenters. The maximum Gasteiger partial charge on any atom is 0.275 e. The minimum absolute atomic E-state index is 0.0887. The van der Waals surface area contributed by atoms with Gasteiger partial charge in [-0.25, -0.2) is 4.98 Å². The first-order valence-corrected chi connectivity index (χ1v) is 13.8. The fourth-order valence-corrected chi connectivity index (χ4v) is 5.10. The van der Waals surface area contributed by atoms with Crippen molar-refractivity contribution in [3.8, 4) is 17.2 Å². The number of methoxy groups -OCH3 is 2. The van der Waals surface area contributed by atoms with Gasteiger partial charge in [0.1, 0.15) is 17.5 Å². The Hall–Kier alpha value is -4.14. The van der Waals surface area contributed by atoms with Crippen LogP contribution < -0.4 is 19.5 Å². The average molecular weight is 547 g/mol. The summed E-state index contributed by atoms with van der Waals surface area (Å²) >= 11 is 0. The Balaban J connectivity index is 1.70. The number of hydrogen-bond acceptors (Lipinski definition) is 7. The maximum atomic E-state index is 14.0. The summed E-state index contributed by atoms with van der Waals surface area (Å²) in [6.45, 7) is 2.72. The Labute approximate surface area is 235 Å². The molecule has 0 spiro atoms. The SMILES string of the molecule is CCOc1ccc([C@H](C(=O)NC2CCCCC2)N(CCc2ccc(OC)c(OC)c2)C(=O)c2cnccn2)cc1. The van der Waals surface area contributed by atoms with E-state index < -0.39 is 6.04 Å². The van der Waals surface area contributed by atoms with Crippen molar-refractivity contribution in [1.82, 2.24) is 20.2 Å². The van der Waals surface area contributed by atoms with Gasteiger partial charge in [-0.05, 0) is 61.6 Å². The first-order valence-electron chi connectivity index (χ1n) is 13.8. The molecule has 9 heteroatoms. The summed E-state index contributed by atoms with van der Waals surface area (Å²) in [5, 5.41) is 3.24. The number of rotatable bonds is 12. The number of benzene rings is 2. The number of ether oxygens (including phenoxy) is 3. The van der Waals surface area contributed by atoms with Crippen molar-refractivity contribution in [2.75, 3.05) is 27.4 Å². The highest BCUT2D eigenvalue weighted by Crippen LogP contribution is 2.30. The lowest BCUT2D eigenvalue weighted by atomic mass is 9.94. The first kappa shape index (κ1) is 28.9. The van der Waals surface area contributed by atoms with Gasteiger partial charge < -0.3 is 24.4 Å². The maximum absolute atomic E-state index is 14.0. The molecule has 0 bridgehead atoms. The topological polar surface area (TPSA) is 103 Å². The number of carbonyl (C=O) groups excluding carboxylic acids is 2. The monoisotopic (exact) mass is 546 g/mol. The number of nitrogens with one attached hydrogen (secondary N) is 1. The standard InChI is InChI=1S/C31H38N4O5/c1-4-40-25-13-11-23(12-14-25)29(30(36)34-24-8-6-5-7-9-24)35(31(37)26-21-32-17-18-33-26)19-16-22-10-15-27(38-2)28(20-22)39-3/h10-15,17-18,20-21,24,29H,4-9,16,19H2,1-3H3,(H,34,36)/t29-/m1/s1. The van der Waals surface area contributed by atoms with Crippen LogP contribution in [0.2, 0.25) is 0 Å². The molecule has 1 aliphatic rings. The van der Waals surface area contributed by atoms with E-state index in [4.69, 9.17) is 14.2 Å². The largest absolute Gasteiger partial charge is 0.494 e. The van der Waals surface area contributed by atoms with Crippen molar-refractivity contribution in [2.45, 2.75) is 57.5 Å². The van der Waals surface area contributed by atoms with Gasteiger partial charge >= 0.3 is 0 Å². The quantitative estimate of drug-likeness (QED) is 0.349. The van der Waals surface area contributed by atoms with Crippen LogP contribution in [0.5, 0.6) is 17.2 Å². The van der Waals surface area contributed by atoms with Crippen molar-refractivity contribution in [2.24, 2.45) is 0 Å². The fourth-order valence-electron chi connectivity index (χ4n) is 5.10. The van der Waals surface area contributed by atoms with Gasteiger partial charge in [-0.2, -0.15) is 0 Å².